The zero-order valence-corrected chi connectivity index (χ0v) is 11.2. The van der Waals surface area contributed by atoms with Crippen LogP contribution in [0.2, 0.25) is 0 Å². The highest BCUT2D eigenvalue weighted by molar-refractivity contribution is 7.80. The van der Waals surface area contributed by atoms with Crippen molar-refractivity contribution in [3.05, 3.63) is 35.9 Å². The van der Waals surface area contributed by atoms with Crippen molar-refractivity contribution in [3.8, 4) is 0 Å². The van der Waals surface area contributed by atoms with Crippen LogP contribution in [-0.4, -0.2) is 24.7 Å². The van der Waals surface area contributed by atoms with Gasteiger partial charge in [-0.25, -0.2) is 0 Å². The Kier molecular flexibility index (Phi) is 6.10. The Bertz CT molecular complexity index is 398. The summed E-state index contributed by atoms with van der Waals surface area (Å²) in [6.45, 7) is 1.98. The van der Waals surface area contributed by atoms with Gasteiger partial charge < -0.3 is 10.1 Å². The quantitative estimate of drug-likeness (QED) is 0.558. The smallest absolute Gasteiger partial charge is 0.264 e. The predicted molar refractivity (Wildman–Crippen MR) is 73.7 cm³/mol. The van der Waals surface area contributed by atoms with Gasteiger partial charge in [0, 0.05) is 7.11 Å². The molecule has 98 valence electrons. The predicted octanol–water partition coefficient (Wildman–Crippen LogP) is 0.889. The SMILES string of the molecule is COCC(=O)NNC(=S)NC(C)c1ccccc1. The topological polar surface area (TPSA) is 62.4 Å². The Morgan fingerprint density at radius 1 is 1.33 bits per heavy atom. The summed E-state index contributed by atoms with van der Waals surface area (Å²) >= 11 is 5.06. The number of benzene rings is 1. The summed E-state index contributed by atoms with van der Waals surface area (Å²) in [5.41, 5.74) is 6.15. The molecule has 1 amide bonds. The number of ether oxygens (including phenoxy) is 1. The van der Waals surface area contributed by atoms with Crippen molar-refractivity contribution in [1.82, 2.24) is 16.2 Å². The molecule has 3 N–H and O–H groups in total. The van der Waals surface area contributed by atoms with Crippen LogP contribution >= 0.6 is 12.2 Å². The lowest BCUT2D eigenvalue weighted by molar-refractivity contribution is -0.125. The van der Waals surface area contributed by atoms with Crippen LogP contribution in [0, 0.1) is 0 Å². The van der Waals surface area contributed by atoms with Gasteiger partial charge in [0.15, 0.2) is 5.11 Å². The number of carbonyl (C=O) groups is 1. The van der Waals surface area contributed by atoms with E-state index in [4.69, 9.17) is 12.2 Å². The fraction of sp³-hybridized carbons (Fsp3) is 0.333. The van der Waals surface area contributed by atoms with Gasteiger partial charge >= 0.3 is 0 Å². The van der Waals surface area contributed by atoms with Crippen molar-refractivity contribution < 1.29 is 9.53 Å². The molecule has 0 aliphatic rings. The zero-order valence-electron chi connectivity index (χ0n) is 10.4. The zero-order chi connectivity index (χ0) is 13.4. The van der Waals surface area contributed by atoms with Crippen LogP contribution in [0.5, 0.6) is 0 Å². The maximum absolute atomic E-state index is 11.1. The average molecular weight is 267 g/mol. The molecule has 1 unspecified atom stereocenters. The number of methoxy groups -OCH3 is 1. The first kappa shape index (κ1) is 14.4. The van der Waals surface area contributed by atoms with E-state index in [1.54, 1.807) is 0 Å². The van der Waals surface area contributed by atoms with Crippen LogP contribution in [-0.2, 0) is 9.53 Å². The second-order valence-electron chi connectivity index (χ2n) is 3.71. The lowest BCUT2D eigenvalue weighted by Gasteiger charge is -2.17. The van der Waals surface area contributed by atoms with E-state index in [0.717, 1.165) is 5.56 Å². The molecule has 1 atom stereocenters. The fourth-order valence-electron chi connectivity index (χ4n) is 1.35. The van der Waals surface area contributed by atoms with Crippen molar-refractivity contribution in [1.29, 1.82) is 0 Å². The van der Waals surface area contributed by atoms with Crippen LogP contribution in [0.15, 0.2) is 30.3 Å². The highest BCUT2D eigenvalue weighted by Crippen LogP contribution is 2.10. The molecule has 1 aromatic rings. The minimum atomic E-state index is -0.283. The van der Waals surface area contributed by atoms with Gasteiger partial charge in [-0.3, -0.25) is 15.6 Å². The Morgan fingerprint density at radius 3 is 2.61 bits per heavy atom. The van der Waals surface area contributed by atoms with Gasteiger partial charge in [-0.15, -0.1) is 0 Å². The molecular formula is C12H17N3O2S. The molecular weight excluding hydrogens is 250 g/mol. The van der Waals surface area contributed by atoms with E-state index in [9.17, 15) is 4.79 Å². The third kappa shape index (κ3) is 5.11. The van der Waals surface area contributed by atoms with Crippen LogP contribution in [0.3, 0.4) is 0 Å². The number of hydrogen-bond acceptors (Lipinski definition) is 3. The summed E-state index contributed by atoms with van der Waals surface area (Å²) < 4.78 is 4.67. The van der Waals surface area contributed by atoms with Gasteiger partial charge in [-0.05, 0) is 24.7 Å². The first-order valence-corrected chi connectivity index (χ1v) is 5.93. The van der Waals surface area contributed by atoms with E-state index in [0.29, 0.717) is 5.11 Å². The molecule has 1 aromatic carbocycles. The Balaban J connectivity index is 2.34. The number of thiocarbonyl (C=S) groups is 1. The molecule has 1 rings (SSSR count). The van der Waals surface area contributed by atoms with Crippen LogP contribution in [0.25, 0.3) is 0 Å². The highest BCUT2D eigenvalue weighted by atomic mass is 32.1. The number of nitrogens with one attached hydrogen (secondary N) is 3. The maximum atomic E-state index is 11.1. The van der Waals surface area contributed by atoms with E-state index in [-0.39, 0.29) is 18.6 Å². The largest absolute Gasteiger partial charge is 0.375 e. The summed E-state index contributed by atoms with van der Waals surface area (Å²) in [5.74, 6) is -0.283. The number of rotatable bonds is 4. The van der Waals surface area contributed by atoms with Crippen molar-refractivity contribution in [2.75, 3.05) is 13.7 Å². The van der Waals surface area contributed by atoms with E-state index in [2.05, 4.69) is 20.9 Å². The number of hydrazine groups is 1. The third-order valence-corrected chi connectivity index (χ3v) is 2.46. The van der Waals surface area contributed by atoms with Gasteiger partial charge in [-0.1, -0.05) is 30.3 Å². The van der Waals surface area contributed by atoms with E-state index >= 15 is 0 Å². The third-order valence-electron chi connectivity index (χ3n) is 2.24. The lowest BCUT2D eigenvalue weighted by atomic mass is 10.1. The van der Waals surface area contributed by atoms with Crippen LogP contribution < -0.4 is 16.2 Å². The molecule has 0 radical (unpaired) electrons. The van der Waals surface area contributed by atoms with Crippen molar-refractivity contribution in [2.24, 2.45) is 0 Å². The Labute approximate surface area is 112 Å². The molecule has 0 bridgehead atoms. The molecule has 0 aromatic heterocycles. The number of amides is 1. The van der Waals surface area contributed by atoms with E-state index in [1.165, 1.54) is 7.11 Å². The Morgan fingerprint density at radius 2 is 2.00 bits per heavy atom. The lowest BCUT2D eigenvalue weighted by Crippen LogP contribution is -2.48. The minimum absolute atomic E-state index is 0.0101. The fourth-order valence-corrected chi connectivity index (χ4v) is 1.58. The van der Waals surface area contributed by atoms with Gasteiger partial charge in [0.05, 0.1) is 6.04 Å². The molecule has 18 heavy (non-hydrogen) atoms. The van der Waals surface area contributed by atoms with Gasteiger partial charge in [0.2, 0.25) is 0 Å². The second-order valence-corrected chi connectivity index (χ2v) is 4.12. The minimum Gasteiger partial charge on any atom is -0.375 e. The molecule has 0 heterocycles. The van der Waals surface area contributed by atoms with Crippen LogP contribution in [0.4, 0.5) is 0 Å². The van der Waals surface area contributed by atoms with Gasteiger partial charge in [0.1, 0.15) is 6.61 Å². The maximum Gasteiger partial charge on any atom is 0.264 e. The first-order valence-electron chi connectivity index (χ1n) is 5.52. The van der Waals surface area contributed by atoms with Crippen molar-refractivity contribution in [3.63, 3.8) is 0 Å². The monoisotopic (exact) mass is 267 g/mol. The molecule has 0 spiro atoms. The summed E-state index contributed by atoms with van der Waals surface area (Å²) in [6.07, 6.45) is 0. The summed E-state index contributed by atoms with van der Waals surface area (Å²) in [6, 6.07) is 9.95. The molecule has 0 saturated carbocycles. The van der Waals surface area contributed by atoms with Crippen molar-refractivity contribution >= 4 is 23.2 Å². The van der Waals surface area contributed by atoms with Crippen molar-refractivity contribution in [2.45, 2.75) is 13.0 Å². The average Bonchev–Trinajstić information content (AvgIpc) is 2.38. The molecule has 6 heteroatoms. The first-order chi connectivity index (χ1) is 8.63. The highest BCUT2D eigenvalue weighted by Gasteiger charge is 2.06. The van der Waals surface area contributed by atoms with Gasteiger partial charge in [0.25, 0.3) is 5.91 Å². The standard InChI is InChI=1S/C12H17N3O2S/c1-9(10-6-4-3-5-7-10)13-12(18)15-14-11(16)8-17-2/h3-7,9H,8H2,1-2H3,(H,14,16)(H2,13,15,18). The molecule has 5 nitrogen and oxygen atoms in total. The van der Waals surface area contributed by atoms with Crippen LogP contribution in [0.1, 0.15) is 18.5 Å². The van der Waals surface area contributed by atoms with E-state index < -0.39 is 0 Å². The summed E-state index contributed by atoms with van der Waals surface area (Å²) in [5, 5.41) is 3.42. The Hall–Kier alpha value is -1.66. The molecule has 0 fully saturated rings. The van der Waals surface area contributed by atoms with Gasteiger partial charge in [-0.2, -0.15) is 0 Å². The molecule has 0 aliphatic carbocycles. The number of hydrogen-bond donors (Lipinski definition) is 3. The second kappa shape index (κ2) is 7.62. The summed E-state index contributed by atoms with van der Waals surface area (Å²) in [4.78, 5) is 11.1. The molecule has 0 aliphatic heterocycles. The normalized spacial score (nSPS) is 11.4. The summed E-state index contributed by atoms with van der Waals surface area (Å²) in [7, 11) is 1.45. The molecule has 0 saturated heterocycles. The number of carbonyl (C=O) groups excluding carboxylic acids is 1. The van der Waals surface area contributed by atoms with E-state index in [1.807, 2.05) is 37.3 Å².